The zero-order valence-corrected chi connectivity index (χ0v) is 10.5. The summed E-state index contributed by atoms with van der Waals surface area (Å²) in [5.41, 5.74) is 2.85. The molecular formula is C11H24N4O. The van der Waals surface area contributed by atoms with Crippen LogP contribution in [0.15, 0.2) is 4.99 Å². The summed E-state index contributed by atoms with van der Waals surface area (Å²) in [4.78, 5) is 4.49. The van der Waals surface area contributed by atoms with Crippen molar-refractivity contribution in [2.75, 3.05) is 19.8 Å². The van der Waals surface area contributed by atoms with Gasteiger partial charge >= 0.3 is 0 Å². The molecule has 0 bridgehead atoms. The Morgan fingerprint density at radius 2 is 2.06 bits per heavy atom. The van der Waals surface area contributed by atoms with E-state index in [1.165, 1.54) is 0 Å². The first-order valence-corrected chi connectivity index (χ1v) is 5.91. The second-order valence-electron chi connectivity index (χ2n) is 5.03. The number of hydrogen-bond donors (Lipinski definition) is 3. The monoisotopic (exact) mass is 228 g/mol. The van der Waals surface area contributed by atoms with Crippen molar-refractivity contribution < 1.29 is 4.74 Å². The van der Waals surface area contributed by atoms with E-state index in [-0.39, 0.29) is 5.41 Å². The molecular weight excluding hydrogens is 204 g/mol. The predicted molar refractivity (Wildman–Crippen MR) is 66.1 cm³/mol. The fraction of sp³-hybridized carbons (Fsp3) is 0.909. The van der Waals surface area contributed by atoms with Gasteiger partial charge in [0.15, 0.2) is 0 Å². The minimum Gasteiger partial charge on any atom is -0.381 e. The number of rotatable bonds is 3. The molecule has 4 N–H and O–H groups in total. The molecule has 0 aromatic rings. The fourth-order valence-electron chi connectivity index (χ4n) is 1.70. The van der Waals surface area contributed by atoms with E-state index in [4.69, 9.17) is 10.6 Å². The maximum Gasteiger partial charge on any atom is 0.205 e. The van der Waals surface area contributed by atoms with Crippen molar-refractivity contribution in [1.82, 2.24) is 10.7 Å². The number of hydrazine groups is 1. The molecule has 0 aliphatic carbocycles. The number of nitrogens with one attached hydrogen (secondary N) is 2. The second kappa shape index (κ2) is 6.06. The summed E-state index contributed by atoms with van der Waals surface area (Å²) in [6, 6.07) is 0.331. The molecule has 0 aromatic carbocycles. The second-order valence-corrected chi connectivity index (χ2v) is 5.03. The lowest BCUT2D eigenvalue weighted by Crippen LogP contribution is -2.45. The van der Waals surface area contributed by atoms with Crippen LogP contribution >= 0.6 is 0 Å². The average Bonchev–Trinajstić information content (AvgIpc) is 2.25. The Hall–Kier alpha value is -0.810. The molecule has 1 aliphatic rings. The first kappa shape index (κ1) is 13.3. The fourth-order valence-corrected chi connectivity index (χ4v) is 1.70. The number of nitrogens with zero attached hydrogens (tertiary/aromatic N) is 1. The first-order chi connectivity index (χ1) is 7.56. The number of nitrogens with two attached hydrogens (primary N) is 1. The van der Waals surface area contributed by atoms with Gasteiger partial charge in [-0.2, -0.15) is 0 Å². The molecule has 5 heteroatoms. The molecule has 1 rings (SSSR count). The quantitative estimate of drug-likeness (QED) is 0.287. The minimum atomic E-state index is 0.249. The van der Waals surface area contributed by atoms with Gasteiger partial charge in [-0.25, -0.2) is 5.84 Å². The van der Waals surface area contributed by atoms with Crippen molar-refractivity contribution in [1.29, 1.82) is 0 Å². The lowest BCUT2D eigenvalue weighted by Gasteiger charge is -2.32. The van der Waals surface area contributed by atoms with Crippen molar-refractivity contribution in [3.05, 3.63) is 0 Å². The molecule has 1 aliphatic heterocycles. The van der Waals surface area contributed by atoms with Crippen LogP contribution in [0.4, 0.5) is 0 Å². The van der Waals surface area contributed by atoms with Crippen LogP contribution in [-0.4, -0.2) is 31.8 Å². The van der Waals surface area contributed by atoms with Crippen molar-refractivity contribution in [3.63, 3.8) is 0 Å². The lowest BCUT2D eigenvalue weighted by molar-refractivity contribution is 0.0283. The van der Waals surface area contributed by atoms with Gasteiger partial charge in [0.25, 0.3) is 0 Å². The lowest BCUT2D eigenvalue weighted by atomic mass is 9.83. The molecule has 94 valence electrons. The summed E-state index contributed by atoms with van der Waals surface area (Å²) in [6.07, 6.45) is 2.13. The summed E-state index contributed by atoms with van der Waals surface area (Å²) < 4.78 is 5.36. The topological polar surface area (TPSA) is 71.7 Å². The Morgan fingerprint density at radius 1 is 1.44 bits per heavy atom. The highest BCUT2D eigenvalue weighted by atomic mass is 16.5. The van der Waals surface area contributed by atoms with Crippen LogP contribution in [0.5, 0.6) is 0 Å². The summed E-state index contributed by atoms with van der Waals surface area (Å²) in [7, 11) is 0. The number of guanidine groups is 1. The van der Waals surface area contributed by atoms with Crippen molar-refractivity contribution in [2.45, 2.75) is 39.7 Å². The zero-order chi connectivity index (χ0) is 12.0. The minimum absolute atomic E-state index is 0.249. The summed E-state index contributed by atoms with van der Waals surface area (Å²) in [5.74, 6) is 6.08. The molecule has 1 heterocycles. The number of aliphatic imine (C=N–C) groups is 1. The predicted octanol–water partition coefficient (Wildman–Crippen LogP) is 0.620. The first-order valence-electron chi connectivity index (χ1n) is 5.91. The molecule has 0 unspecified atom stereocenters. The Labute approximate surface area is 97.8 Å². The van der Waals surface area contributed by atoms with Gasteiger partial charge in [0, 0.05) is 25.8 Å². The van der Waals surface area contributed by atoms with Gasteiger partial charge in [-0.05, 0) is 32.1 Å². The highest BCUT2D eigenvalue weighted by Crippen LogP contribution is 2.29. The standard InChI is InChI=1S/C11H24N4O/c1-9(2)14-10(15-12)13-8-11(3)4-6-16-7-5-11/h9H,4-8,12H2,1-3H3,(H2,13,14,15). The van der Waals surface area contributed by atoms with Crippen LogP contribution in [0.3, 0.4) is 0 Å². The average molecular weight is 228 g/mol. The molecule has 0 radical (unpaired) electrons. The third kappa shape index (κ3) is 4.37. The molecule has 16 heavy (non-hydrogen) atoms. The Bertz CT molecular complexity index is 234. The van der Waals surface area contributed by atoms with Gasteiger partial charge in [0.05, 0.1) is 0 Å². The van der Waals surface area contributed by atoms with Crippen LogP contribution in [0.1, 0.15) is 33.6 Å². The van der Waals surface area contributed by atoms with E-state index in [0.717, 1.165) is 32.6 Å². The third-order valence-electron chi connectivity index (χ3n) is 2.88. The van der Waals surface area contributed by atoms with Crippen LogP contribution in [0.25, 0.3) is 0 Å². The van der Waals surface area contributed by atoms with E-state index >= 15 is 0 Å². The van der Waals surface area contributed by atoms with E-state index in [2.05, 4.69) is 36.5 Å². The van der Waals surface area contributed by atoms with Crippen LogP contribution in [-0.2, 0) is 4.74 Å². The van der Waals surface area contributed by atoms with E-state index in [0.29, 0.717) is 12.0 Å². The van der Waals surface area contributed by atoms with Crippen LogP contribution < -0.4 is 16.6 Å². The molecule has 0 atom stereocenters. The molecule has 0 amide bonds. The van der Waals surface area contributed by atoms with Crippen LogP contribution in [0.2, 0.25) is 0 Å². The highest BCUT2D eigenvalue weighted by molar-refractivity contribution is 5.79. The van der Waals surface area contributed by atoms with E-state index in [1.54, 1.807) is 0 Å². The summed E-state index contributed by atoms with van der Waals surface area (Å²) in [5, 5.41) is 3.17. The molecule has 0 aromatic heterocycles. The SMILES string of the molecule is CC(C)NC(=NCC1(C)CCOCC1)NN. The normalized spacial score (nSPS) is 20.9. The Kier molecular flexibility index (Phi) is 5.02. The summed E-state index contributed by atoms with van der Waals surface area (Å²) in [6.45, 7) is 8.84. The summed E-state index contributed by atoms with van der Waals surface area (Å²) >= 11 is 0. The maximum absolute atomic E-state index is 5.41. The number of ether oxygens (including phenoxy) is 1. The third-order valence-corrected chi connectivity index (χ3v) is 2.88. The highest BCUT2D eigenvalue weighted by Gasteiger charge is 2.27. The van der Waals surface area contributed by atoms with Gasteiger partial charge in [-0.15, -0.1) is 0 Å². The van der Waals surface area contributed by atoms with Gasteiger partial charge in [-0.3, -0.25) is 10.4 Å². The molecule has 5 nitrogen and oxygen atoms in total. The van der Waals surface area contributed by atoms with Gasteiger partial charge in [0.2, 0.25) is 5.96 Å². The molecule has 1 saturated heterocycles. The molecule has 0 saturated carbocycles. The van der Waals surface area contributed by atoms with Crippen LogP contribution in [0, 0.1) is 5.41 Å². The Morgan fingerprint density at radius 3 is 2.56 bits per heavy atom. The van der Waals surface area contributed by atoms with E-state index in [1.807, 2.05) is 0 Å². The number of hydrogen-bond acceptors (Lipinski definition) is 3. The zero-order valence-electron chi connectivity index (χ0n) is 10.5. The van der Waals surface area contributed by atoms with Gasteiger partial charge in [-0.1, -0.05) is 6.92 Å². The molecule has 1 fully saturated rings. The van der Waals surface area contributed by atoms with Gasteiger partial charge < -0.3 is 10.1 Å². The van der Waals surface area contributed by atoms with Crippen molar-refractivity contribution >= 4 is 5.96 Å². The maximum atomic E-state index is 5.41. The largest absolute Gasteiger partial charge is 0.381 e. The van der Waals surface area contributed by atoms with Crippen molar-refractivity contribution in [3.8, 4) is 0 Å². The van der Waals surface area contributed by atoms with E-state index < -0.39 is 0 Å². The molecule has 0 spiro atoms. The smallest absolute Gasteiger partial charge is 0.205 e. The van der Waals surface area contributed by atoms with E-state index in [9.17, 15) is 0 Å². The Balaban J connectivity index is 2.47. The van der Waals surface area contributed by atoms with Crippen molar-refractivity contribution in [2.24, 2.45) is 16.3 Å². The van der Waals surface area contributed by atoms with Gasteiger partial charge in [0.1, 0.15) is 0 Å².